The Hall–Kier alpha value is -0.830. The van der Waals surface area contributed by atoms with Crippen LogP contribution in [0.25, 0.3) is 0 Å². The highest BCUT2D eigenvalue weighted by Gasteiger charge is 2.18. The number of aliphatic hydroxyl groups is 1. The van der Waals surface area contributed by atoms with Gasteiger partial charge in [0.2, 0.25) is 5.91 Å². The summed E-state index contributed by atoms with van der Waals surface area (Å²) in [5.41, 5.74) is 0. The standard InChI is InChI=1S/C10H17NO2/c1-8(12)6-7-11-10(13)9-4-2-3-5-9/h2-3,8-9,12H,4-7H2,1H3,(H,11,13). The van der Waals surface area contributed by atoms with Crippen LogP contribution in [0, 0.1) is 5.92 Å². The fraction of sp³-hybridized carbons (Fsp3) is 0.700. The van der Waals surface area contributed by atoms with E-state index >= 15 is 0 Å². The van der Waals surface area contributed by atoms with Gasteiger partial charge in [0.1, 0.15) is 0 Å². The van der Waals surface area contributed by atoms with Crippen LogP contribution in [-0.2, 0) is 4.79 Å². The van der Waals surface area contributed by atoms with E-state index < -0.39 is 0 Å². The van der Waals surface area contributed by atoms with Crippen molar-refractivity contribution in [1.82, 2.24) is 5.32 Å². The SMILES string of the molecule is CC(O)CCNC(=O)C1CC=CC1. The molecule has 0 aromatic heterocycles. The predicted molar refractivity (Wildman–Crippen MR) is 51.2 cm³/mol. The number of hydrogen-bond donors (Lipinski definition) is 2. The van der Waals surface area contributed by atoms with E-state index in [0.29, 0.717) is 13.0 Å². The molecule has 0 fully saturated rings. The molecule has 0 heterocycles. The van der Waals surface area contributed by atoms with Gasteiger partial charge in [0.15, 0.2) is 0 Å². The normalized spacial score (nSPS) is 18.9. The van der Waals surface area contributed by atoms with E-state index in [1.807, 2.05) is 12.2 Å². The first-order valence-electron chi connectivity index (χ1n) is 4.81. The van der Waals surface area contributed by atoms with Gasteiger partial charge in [0, 0.05) is 12.5 Å². The zero-order chi connectivity index (χ0) is 9.68. The summed E-state index contributed by atoms with van der Waals surface area (Å²) < 4.78 is 0. The van der Waals surface area contributed by atoms with E-state index in [9.17, 15) is 4.79 Å². The molecule has 1 aliphatic rings. The summed E-state index contributed by atoms with van der Waals surface area (Å²) in [6.45, 7) is 2.30. The van der Waals surface area contributed by atoms with Crippen molar-refractivity contribution in [2.24, 2.45) is 5.92 Å². The topological polar surface area (TPSA) is 49.3 Å². The van der Waals surface area contributed by atoms with Crippen LogP contribution in [0.5, 0.6) is 0 Å². The van der Waals surface area contributed by atoms with Crippen molar-refractivity contribution in [2.75, 3.05) is 6.54 Å². The highest BCUT2D eigenvalue weighted by molar-refractivity contribution is 5.79. The number of nitrogens with one attached hydrogen (secondary N) is 1. The first kappa shape index (κ1) is 10.3. The lowest BCUT2D eigenvalue weighted by Gasteiger charge is -2.10. The predicted octanol–water partition coefficient (Wildman–Crippen LogP) is 0.840. The van der Waals surface area contributed by atoms with E-state index in [4.69, 9.17) is 5.11 Å². The molecular weight excluding hydrogens is 166 g/mol. The van der Waals surface area contributed by atoms with Crippen molar-refractivity contribution in [3.8, 4) is 0 Å². The Kier molecular flexibility index (Phi) is 3.96. The molecule has 0 saturated heterocycles. The van der Waals surface area contributed by atoms with Crippen LogP contribution in [-0.4, -0.2) is 23.7 Å². The molecule has 0 spiro atoms. The Morgan fingerprint density at radius 1 is 1.62 bits per heavy atom. The molecule has 1 aliphatic carbocycles. The lowest BCUT2D eigenvalue weighted by Crippen LogP contribution is -2.31. The van der Waals surface area contributed by atoms with Gasteiger partial charge < -0.3 is 10.4 Å². The highest BCUT2D eigenvalue weighted by Crippen LogP contribution is 2.17. The third kappa shape index (κ3) is 3.59. The van der Waals surface area contributed by atoms with Crippen molar-refractivity contribution in [1.29, 1.82) is 0 Å². The largest absolute Gasteiger partial charge is 0.393 e. The van der Waals surface area contributed by atoms with Crippen molar-refractivity contribution < 1.29 is 9.90 Å². The Morgan fingerprint density at radius 2 is 2.23 bits per heavy atom. The molecule has 1 amide bonds. The molecule has 0 radical (unpaired) electrons. The zero-order valence-corrected chi connectivity index (χ0v) is 7.99. The average molecular weight is 183 g/mol. The number of amides is 1. The van der Waals surface area contributed by atoms with Crippen molar-refractivity contribution in [3.05, 3.63) is 12.2 Å². The second kappa shape index (κ2) is 5.02. The maximum absolute atomic E-state index is 11.4. The summed E-state index contributed by atoms with van der Waals surface area (Å²) in [5, 5.41) is 11.8. The van der Waals surface area contributed by atoms with E-state index in [-0.39, 0.29) is 17.9 Å². The Labute approximate surface area is 78.8 Å². The quantitative estimate of drug-likeness (QED) is 0.634. The summed E-state index contributed by atoms with van der Waals surface area (Å²) in [5.74, 6) is 0.250. The minimum atomic E-state index is -0.331. The summed E-state index contributed by atoms with van der Waals surface area (Å²) in [7, 11) is 0. The Bertz CT molecular complexity index is 191. The van der Waals surface area contributed by atoms with Crippen LogP contribution in [0.15, 0.2) is 12.2 Å². The maximum atomic E-state index is 11.4. The molecule has 74 valence electrons. The molecule has 0 aromatic rings. The van der Waals surface area contributed by atoms with E-state index in [2.05, 4.69) is 5.32 Å². The van der Waals surface area contributed by atoms with Gasteiger partial charge in [-0.2, -0.15) is 0 Å². The van der Waals surface area contributed by atoms with Crippen LogP contribution >= 0.6 is 0 Å². The second-order valence-corrected chi connectivity index (χ2v) is 3.57. The van der Waals surface area contributed by atoms with Crippen LogP contribution in [0.3, 0.4) is 0 Å². The minimum absolute atomic E-state index is 0.116. The molecule has 1 atom stereocenters. The van der Waals surface area contributed by atoms with Crippen LogP contribution in [0.2, 0.25) is 0 Å². The number of hydrogen-bond acceptors (Lipinski definition) is 2. The van der Waals surface area contributed by atoms with Crippen molar-refractivity contribution in [3.63, 3.8) is 0 Å². The molecule has 0 aliphatic heterocycles. The van der Waals surface area contributed by atoms with E-state index in [1.165, 1.54) is 0 Å². The fourth-order valence-electron chi connectivity index (χ4n) is 1.38. The lowest BCUT2D eigenvalue weighted by atomic mass is 10.1. The number of carbonyl (C=O) groups is 1. The minimum Gasteiger partial charge on any atom is -0.393 e. The van der Waals surface area contributed by atoms with Crippen LogP contribution in [0.1, 0.15) is 26.2 Å². The average Bonchev–Trinajstić information content (AvgIpc) is 2.55. The van der Waals surface area contributed by atoms with Crippen molar-refractivity contribution >= 4 is 5.91 Å². The first-order valence-corrected chi connectivity index (χ1v) is 4.81. The van der Waals surface area contributed by atoms with Gasteiger partial charge in [-0.3, -0.25) is 4.79 Å². The molecule has 0 aromatic carbocycles. The number of aliphatic hydroxyl groups excluding tert-OH is 1. The van der Waals surface area contributed by atoms with Crippen LogP contribution < -0.4 is 5.32 Å². The van der Waals surface area contributed by atoms with Gasteiger partial charge in [-0.1, -0.05) is 12.2 Å². The van der Waals surface area contributed by atoms with E-state index in [0.717, 1.165) is 12.8 Å². The molecule has 2 N–H and O–H groups in total. The summed E-state index contributed by atoms with van der Waals surface area (Å²) in [6.07, 6.45) is 6.10. The van der Waals surface area contributed by atoms with Gasteiger partial charge in [0.25, 0.3) is 0 Å². The Balaban J connectivity index is 2.11. The molecule has 3 heteroatoms. The lowest BCUT2D eigenvalue weighted by molar-refractivity contribution is -0.124. The molecule has 13 heavy (non-hydrogen) atoms. The van der Waals surface area contributed by atoms with Gasteiger partial charge in [0.05, 0.1) is 6.10 Å². The fourth-order valence-corrected chi connectivity index (χ4v) is 1.38. The number of rotatable bonds is 4. The monoisotopic (exact) mass is 183 g/mol. The second-order valence-electron chi connectivity index (χ2n) is 3.57. The van der Waals surface area contributed by atoms with Crippen LogP contribution in [0.4, 0.5) is 0 Å². The number of allylic oxidation sites excluding steroid dienone is 2. The third-order valence-corrected chi connectivity index (χ3v) is 2.24. The summed E-state index contributed by atoms with van der Waals surface area (Å²) in [6, 6.07) is 0. The molecule has 1 rings (SSSR count). The van der Waals surface area contributed by atoms with Gasteiger partial charge in [-0.15, -0.1) is 0 Å². The smallest absolute Gasteiger partial charge is 0.223 e. The van der Waals surface area contributed by atoms with Gasteiger partial charge in [-0.05, 0) is 26.2 Å². The van der Waals surface area contributed by atoms with Gasteiger partial charge >= 0.3 is 0 Å². The Morgan fingerprint density at radius 3 is 2.77 bits per heavy atom. The summed E-state index contributed by atoms with van der Waals surface area (Å²) >= 11 is 0. The zero-order valence-electron chi connectivity index (χ0n) is 7.99. The maximum Gasteiger partial charge on any atom is 0.223 e. The summed E-state index contributed by atoms with van der Waals surface area (Å²) in [4.78, 5) is 11.4. The van der Waals surface area contributed by atoms with Gasteiger partial charge in [-0.25, -0.2) is 0 Å². The molecule has 0 saturated carbocycles. The van der Waals surface area contributed by atoms with E-state index in [1.54, 1.807) is 6.92 Å². The highest BCUT2D eigenvalue weighted by atomic mass is 16.3. The molecule has 1 unspecified atom stereocenters. The van der Waals surface area contributed by atoms with Crippen molar-refractivity contribution in [2.45, 2.75) is 32.3 Å². The first-order chi connectivity index (χ1) is 6.20. The molecule has 0 bridgehead atoms. The number of carbonyl (C=O) groups excluding carboxylic acids is 1. The molecular formula is C10H17NO2. The third-order valence-electron chi connectivity index (χ3n) is 2.24. The molecule has 3 nitrogen and oxygen atoms in total.